The Morgan fingerprint density at radius 2 is 2.09 bits per heavy atom. The maximum Gasteiger partial charge on any atom is 0.416 e. The van der Waals surface area contributed by atoms with Crippen molar-refractivity contribution in [2.24, 2.45) is 0 Å². The molecule has 0 fully saturated rings. The Morgan fingerprint density at radius 1 is 1.48 bits per heavy atom. The molecular formula is C12H10ClF3N2O4S. The third kappa shape index (κ3) is 5.09. The molecule has 0 saturated heterocycles. The van der Waals surface area contributed by atoms with Gasteiger partial charge < -0.3 is 4.74 Å². The maximum absolute atomic E-state index is 12.7. The van der Waals surface area contributed by atoms with Crippen molar-refractivity contribution in [1.82, 2.24) is 4.72 Å². The van der Waals surface area contributed by atoms with Gasteiger partial charge in [-0.25, -0.2) is 8.42 Å². The first-order chi connectivity index (χ1) is 10.5. The van der Waals surface area contributed by atoms with E-state index in [-0.39, 0.29) is 0 Å². The molecule has 1 aromatic carbocycles. The van der Waals surface area contributed by atoms with Gasteiger partial charge in [0.05, 0.1) is 10.6 Å². The van der Waals surface area contributed by atoms with Crippen molar-refractivity contribution in [3.05, 3.63) is 28.8 Å². The number of nitrogens with zero attached hydrogens (tertiary/aromatic N) is 1. The number of alkyl halides is 3. The van der Waals surface area contributed by atoms with Crippen molar-refractivity contribution >= 4 is 27.6 Å². The first kappa shape index (κ1) is 19.2. The van der Waals surface area contributed by atoms with Gasteiger partial charge in [0.2, 0.25) is 10.0 Å². The second-order valence-electron chi connectivity index (χ2n) is 4.25. The van der Waals surface area contributed by atoms with Crippen LogP contribution in [0.5, 0.6) is 0 Å². The highest BCUT2D eigenvalue weighted by Gasteiger charge is 2.33. The Bertz CT molecular complexity index is 744. The number of hydrogen-bond acceptors (Lipinski definition) is 5. The summed E-state index contributed by atoms with van der Waals surface area (Å²) >= 11 is 5.63. The molecule has 1 rings (SSSR count). The molecule has 0 aliphatic carbocycles. The summed E-state index contributed by atoms with van der Waals surface area (Å²) in [6, 6.07) is 1.88. The van der Waals surface area contributed by atoms with Crippen LogP contribution in [0.15, 0.2) is 23.1 Å². The van der Waals surface area contributed by atoms with Gasteiger partial charge in [0.25, 0.3) is 0 Å². The monoisotopic (exact) mass is 370 g/mol. The zero-order valence-corrected chi connectivity index (χ0v) is 13.1. The Kier molecular flexibility index (Phi) is 5.98. The van der Waals surface area contributed by atoms with E-state index < -0.39 is 50.3 Å². The minimum absolute atomic E-state index is 0.359. The molecule has 0 saturated carbocycles. The average molecular weight is 371 g/mol. The number of hydrogen-bond donors (Lipinski definition) is 1. The van der Waals surface area contributed by atoms with Crippen LogP contribution in [-0.4, -0.2) is 27.0 Å². The number of sulfonamides is 1. The van der Waals surface area contributed by atoms with E-state index in [0.717, 1.165) is 13.0 Å². The van der Waals surface area contributed by atoms with Gasteiger partial charge in [0, 0.05) is 0 Å². The molecule has 11 heteroatoms. The van der Waals surface area contributed by atoms with Gasteiger partial charge in [0.15, 0.2) is 6.61 Å². The number of esters is 1. The number of carbonyl (C=O) groups is 1. The molecule has 0 bridgehead atoms. The first-order valence-electron chi connectivity index (χ1n) is 5.91. The van der Waals surface area contributed by atoms with E-state index >= 15 is 0 Å². The highest BCUT2D eigenvalue weighted by Crippen LogP contribution is 2.33. The molecule has 0 spiro atoms. The van der Waals surface area contributed by atoms with E-state index in [9.17, 15) is 26.4 Å². The fraction of sp³-hybridized carbons (Fsp3) is 0.333. The SMILES string of the molecule is C[C@H](NS(=O)(=O)c1cc(C(F)(F)F)ccc1Cl)C(=O)OCC#N. The van der Waals surface area contributed by atoms with Crippen LogP contribution < -0.4 is 4.72 Å². The van der Waals surface area contributed by atoms with Crippen LogP contribution in [0.1, 0.15) is 12.5 Å². The summed E-state index contributed by atoms with van der Waals surface area (Å²) < 4.78 is 68.4. The number of halogens is 4. The molecule has 1 atom stereocenters. The van der Waals surface area contributed by atoms with Gasteiger partial charge in [-0.15, -0.1) is 0 Å². The smallest absolute Gasteiger partial charge is 0.416 e. The molecule has 1 N–H and O–H groups in total. The maximum atomic E-state index is 12.7. The zero-order chi connectivity index (χ0) is 17.8. The van der Waals surface area contributed by atoms with Crippen LogP contribution in [0.3, 0.4) is 0 Å². The van der Waals surface area contributed by atoms with Crippen molar-refractivity contribution in [3.63, 3.8) is 0 Å². The Labute approximate surface area is 134 Å². The van der Waals surface area contributed by atoms with Crippen LogP contribution in [0.4, 0.5) is 13.2 Å². The van der Waals surface area contributed by atoms with E-state index in [1.807, 2.05) is 4.72 Å². The predicted molar refractivity (Wildman–Crippen MR) is 72.8 cm³/mol. The Balaban J connectivity index is 3.10. The highest BCUT2D eigenvalue weighted by atomic mass is 35.5. The van der Waals surface area contributed by atoms with Crippen molar-refractivity contribution in [1.29, 1.82) is 5.26 Å². The molecule has 1 aromatic rings. The Morgan fingerprint density at radius 3 is 2.61 bits per heavy atom. The van der Waals surface area contributed by atoms with Gasteiger partial charge in [-0.2, -0.15) is 23.2 Å². The average Bonchev–Trinajstić information content (AvgIpc) is 2.43. The van der Waals surface area contributed by atoms with E-state index in [0.29, 0.717) is 12.1 Å². The van der Waals surface area contributed by atoms with Crippen LogP contribution in [0, 0.1) is 11.3 Å². The molecule has 6 nitrogen and oxygen atoms in total. The lowest BCUT2D eigenvalue weighted by molar-refractivity contribution is -0.143. The van der Waals surface area contributed by atoms with Crippen molar-refractivity contribution in [2.45, 2.75) is 24.0 Å². The largest absolute Gasteiger partial charge is 0.449 e. The summed E-state index contributed by atoms with van der Waals surface area (Å²) in [7, 11) is -4.51. The van der Waals surface area contributed by atoms with E-state index in [2.05, 4.69) is 4.74 Å². The third-order valence-corrected chi connectivity index (χ3v) is 4.53. The van der Waals surface area contributed by atoms with Crippen molar-refractivity contribution in [3.8, 4) is 6.07 Å². The summed E-state index contributed by atoms with van der Waals surface area (Å²) in [4.78, 5) is 10.6. The third-order valence-electron chi connectivity index (χ3n) is 2.51. The van der Waals surface area contributed by atoms with Gasteiger partial charge in [-0.3, -0.25) is 4.79 Å². The van der Waals surface area contributed by atoms with E-state index in [1.54, 1.807) is 0 Å². The van der Waals surface area contributed by atoms with E-state index in [4.69, 9.17) is 16.9 Å². The topological polar surface area (TPSA) is 96.3 Å². The van der Waals surface area contributed by atoms with Crippen LogP contribution >= 0.6 is 11.6 Å². The minimum Gasteiger partial charge on any atom is -0.449 e. The lowest BCUT2D eigenvalue weighted by Gasteiger charge is -2.15. The van der Waals surface area contributed by atoms with E-state index in [1.165, 1.54) is 6.07 Å². The van der Waals surface area contributed by atoms with Gasteiger partial charge in [-0.05, 0) is 25.1 Å². The molecule has 0 heterocycles. The van der Waals surface area contributed by atoms with Crippen LogP contribution in [-0.2, 0) is 25.7 Å². The molecule has 0 amide bonds. The second-order valence-corrected chi connectivity index (χ2v) is 6.34. The van der Waals surface area contributed by atoms with Crippen LogP contribution in [0.2, 0.25) is 5.02 Å². The molecule has 0 unspecified atom stereocenters. The lowest BCUT2D eigenvalue weighted by Crippen LogP contribution is -2.39. The Hall–Kier alpha value is -1.83. The number of benzene rings is 1. The molecule has 0 radical (unpaired) electrons. The number of nitrogens with one attached hydrogen (secondary N) is 1. The summed E-state index contributed by atoms with van der Waals surface area (Å²) in [5.74, 6) is -1.06. The number of carbonyl (C=O) groups excluding carboxylic acids is 1. The normalized spacial score (nSPS) is 13.2. The molecule has 0 aliphatic heterocycles. The molecular weight excluding hydrogens is 361 g/mol. The minimum atomic E-state index is -4.76. The molecule has 0 aromatic heterocycles. The summed E-state index contributed by atoms with van der Waals surface area (Å²) in [6.45, 7) is 0.522. The fourth-order valence-electron chi connectivity index (χ4n) is 1.46. The molecule has 126 valence electrons. The number of rotatable bonds is 5. The van der Waals surface area contributed by atoms with Crippen molar-refractivity contribution in [2.75, 3.05) is 6.61 Å². The zero-order valence-electron chi connectivity index (χ0n) is 11.5. The first-order valence-corrected chi connectivity index (χ1v) is 7.78. The van der Waals surface area contributed by atoms with Gasteiger partial charge in [0.1, 0.15) is 17.0 Å². The number of nitriles is 1. The molecule has 0 aliphatic rings. The van der Waals surface area contributed by atoms with Gasteiger partial charge in [-0.1, -0.05) is 11.6 Å². The lowest BCUT2D eigenvalue weighted by atomic mass is 10.2. The highest BCUT2D eigenvalue weighted by molar-refractivity contribution is 7.89. The van der Waals surface area contributed by atoms with Gasteiger partial charge >= 0.3 is 12.1 Å². The summed E-state index contributed by atoms with van der Waals surface area (Å²) in [6.07, 6.45) is -4.76. The van der Waals surface area contributed by atoms with Crippen LogP contribution in [0.25, 0.3) is 0 Å². The second kappa shape index (κ2) is 7.16. The standard InChI is InChI=1S/C12H10ClF3N2O4S/c1-7(11(19)22-5-4-17)18-23(20,21)10-6-8(12(14,15)16)2-3-9(10)13/h2-3,6-7,18H,5H2,1H3/t7-/m0/s1. The fourth-order valence-corrected chi connectivity index (χ4v) is 3.18. The quantitative estimate of drug-likeness (QED) is 0.800. The predicted octanol–water partition coefficient (Wildman–Crippen LogP) is 2.09. The summed E-state index contributed by atoms with van der Waals surface area (Å²) in [5.41, 5.74) is -1.21. The molecule has 23 heavy (non-hydrogen) atoms. The number of ether oxygens (including phenoxy) is 1. The van der Waals surface area contributed by atoms with Crippen molar-refractivity contribution < 1.29 is 31.1 Å². The summed E-state index contributed by atoms with van der Waals surface area (Å²) in [5, 5.41) is 7.82.